The molecule has 0 fully saturated rings. The first-order chi connectivity index (χ1) is 15.1. The molecule has 2 heterocycles. The predicted octanol–water partition coefficient (Wildman–Crippen LogP) is 6.24. The number of halogens is 1. The van der Waals surface area contributed by atoms with Gasteiger partial charge in [-0.25, -0.2) is 9.97 Å². The van der Waals surface area contributed by atoms with Crippen molar-refractivity contribution < 1.29 is 4.42 Å². The largest absolute Gasteiger partial charge is 0.456 e. The van der Waals surface area contributed by atoms with Gasteiger partial charge in [0.2, 0.25) is 0 Å². The number of nitrogens with one attached hydrogen (secondary N) is 1. The number of hydrogen-bond donors (Lipinski definition) is 1. The average molecular weight is 427 g/mol. The molecule has 0 amide bonds. The van der Waals surface area contributed by atoms with Gasteiger partial charge < -0.3 is 4.42 Å². The van der Waals surface area contributed by atoms with Crippen LogP contribution in [0, 0.1) is 13.8 Å². The Morgan fingerprint density at radius 1 is 0.871 bits per heavy atom. The molecule has 3 aromatic carbocycles. The van der Waals surface area contributed by atoms with E-state index in [1.54, 1.807) is 0 Å². The second kappa shape index (κ2) is 7.85. The van der Waals surface area contributed by atoms with Crippen molar-refractivity contribution in [2.45, 2.75) is 13.8 Å². The summed E-state index contributed by atoms with van der Waals surface area (Å²) >= 11 is 6.06. The molecule has 0 aliphatic heterocycles. The third kappa shape index (κ3) is 3.76. The minimum Gasteiger partial charge on any atom is -0.456 e. The summed E-state index contributed by atoms with van der Waals surface area (Å²) in [5.41, 5.74) is 8.01. The number of nitrogens with zero attached hydrogens (tertiary/aromatic N) is 3. The molecule has 0 aliphatic carbocycles. The van der Waals surface area contributed by atoms with Crippen LogP contribution in [0.4, 0.5) is 5.82 Å². The SMILES string of the molecule is Cc1cc2oc(-c3ccc(Cl)cc3)c/c(=N\Nc3ncnc4ccccc34)c2cc1C. The summed E-state index contributed by atoms with van der Waals surface area (Å²) in [4.78, 5) is 8.68. The molecule has 6 heteroatoms. The van der Waals surface area contributed by atoms with Crippen LogP contribution in [0.25, 0.3) is 33.2 Å². The van der Waals surface area contributed by atoms with Crippen molar-refractivity contribution in [2.24, 2.45) is 5.10 Å². The zero-order chi connectivity index (χ0) is 21.4. The number of aromatic nitrogens is 2. The molecule has 0 saturated carbocycles. The summed E-state index contributed by atoms with van der Waals surface area (Å²) < 4.78 is 6.23. The van der Waals surface area contributed by atoms with E-state index in [2.05, 4.69) is 35.3 Å². The number of benzene rings is 3. The average Bonchev–Trinajstić information content (AvgIpc) is 2.79. The molecule has 0 atom stereocenters. The van der Waals surface area contributed by atoms with Crippen LogP contribution >= 0.6 is 11.6 Å². The highest BCUT2D eigenvalue weighted by atomic mass is 35.5. The Kier molecular flexibility index (Phi) is 4.88. The number of hydrogen-bond acceptors (Lipinski definition) is 5. The number of aryl methyl sites for hydroxylation is 2. The van der Waals surface area contributed by atoms with Crippen LogP contribution in [-0.2, 0) is 0 Å². The van der Waals surface area contributed by atoms with Gasteiger partial charge in [0.25, 0.3) is 0 Å². The Balaban J connectivity index is 1.70. The molecule has 1 N–H and O–H groups in total. The zero-order valence-corrected chi connectivity index (χ0v) is 17.8. The molecule has 0 aliphatic rings. The van der Waals surface area contributed by atoms with Crippen LogP contribution < -0.4 is 10.8 Å². The Labute approximate surface area is 184 Å². The molecule has 31 heavy (non-hydrogen) atoms. The number of para-hydroxylation sites is 1. The van der Waals surface area contributed by atoms with Gasteiger partial charge in [-0.2, -0.15) is 5.10 Å². The van der Waals surface area contributed by atoms with Gasteiger partial charge in [-0.1, -0.05) is 23.7 Å². The van der Waals surface area contributed by atoms with E-state index in [1.165, 1.54) is 11.9 Å². The standard InChI is InChI=1S/C25H19ClN4O/c1-15-11-20-22(29-30-25-19-5-3-4-6-21(19)27-14-28-25)13-23(31-24(20)12-16(15)2)17-7-9-18(26)10-8-17/h3-14H,1-2H3,(H,27,28,30)/b29-22+. The summed E-state index contributed by atoms with van der Waals surface area (Å²) in [5, 5.41) is 7.97. The van der Waals surface area contributed by atoms with Crippen LogP contribution in [0.2, 0.25) is 5.02 Å². The fraction of sp³-hybridized carbons (Fsp3) is 0.0800. The van der Waals surface area contributed by atoms with Crippen LogP contribution in [0.15, 0.2) is 82.6 Å². The first kappa shape index (κ1) is 19.3. The molecule has 2 aromatic heterocycles. The lowest BCUT2D eigenvalue weighted by molar-refractivity contribution is 0.618. The van der Waals surface area contributed by atoms with Gasteiger partial charge in [0, 0.05) is 27.4 Å². The first-order valence-corrected chi connectivity index (χ1v) is 10.3. The lowest BCUT2D eigenvalue weighted by atomic mass is 10.1. The maximum Gasteiger partial charge on any atom is 0.157 e. The lowest BCUT2D eigenvalue weighted by Gasteiger charge is -2.08. The molecule has 0 unspecified atom stereocenters. The van der Waals surface area contributed by atoms with Gasteiger partial charge in [0.05, 0.1) is 10.9 Å². The second-order valence-electron chi connectivity index (χ2n) is 7.40. The molecule has 5 rings (SSSR count). The van der Waals surface area contributed by atoms with E-state index in [0.29, 0.717) is 16.6 Å². The molecule has 0 radical (unpaired) electrons. The van der Waals surface area contributed by atoms with E-state index in [0.717, 1.165) is 38.4 Å². The maximum atomic E-state index is 6.23. The van der Waals surface area contributed by atoms with Gasteiger partial charge in [0.1, 0.15) is 17.7 Å². The van der Waals surface area contributed by atoms with Crippen molar-refractivity contribution in [3.8, 4) is 11.3 Å². The topological polar surface area (TPSA) is 63.3 Å². The summed E-state index contributed by atoms with van der Waals surface area (Å²) in [5.74, 6) is 1.36. The smallest absolute Gasteiger partial charge is 0.157 e. The molecule has 0 saturated heterocycles. The summed E-state index contributed by atoms with van der Waals surface area (Å²) in [7, 11) is 0. The second-order valence-corrected chi connectivity index (χ2v) is 7.83. The van der Waals surface area contributed by atoms with Crippen molar-refractivity contribution in [2.75, 3.05) is 5.43 Å². The van der Waals surface area contributed by atoms with E-state index < -0.39 is 0 Å². The lowest BCUT2D eigenvalue weighted by Crippen LogP contribution is -2.09. The van der Waals surface area contributed by atoms with Crippen LogP contribution in [-0.4, -0.2) is 9.97 Å². The van der Waals surface area contributed by atoms with Crippen LogP contribution in [0.3, 0.4) is 0 Å². The summed E-state index contributed by atoms with van der Waals surface area (Å²) in [6.45, 7) is 4.15. The van der Waals surface area contributed by atoms with Gasteiger partial charge in [-0.3, -0.25) is 5.43 Å². The molecule has 5 aromatic rings. The van der Waals surface area contributed by atoms with E-state index in [4.69, 9.17) is 21.1 Å². The highest BCUT2D eigenvalue weighted by molar-refractivity contribution is 6.30. The molecular weight excluding hydrogens is 408 g/mol. The predicted molar refractivity (Wildman–Crippen MR) is 125 cm³/mol. The number of anilines is 1. The molecular formula is C25H19ClN4O. The van der Waals surface area contributed by atoms with E-state index >= 15 is 0 Å². The minimum atomic E-state index is 0.649. The van der Waals surface area contributed by atoms with Gasteiger partial charge >= 0.3 is 0 Å². The third-order valence-electron chi connectivity index (χ3n) is 5.31. The normalized spacial score (nSPS) is 11.9. The molecule has 5 nitrogen and oxygen atoms in total. The first-order valence-electron chi connectivity index (χ1n) is 9.89. The highest BCUT2D eigenvalue weighted by Gasteiger charge is 2.09. The van der Waals surface area contributed by atoms with Crippen molar-refractivity contribution in [3.63, 3.8) is 0 Å². The van der Waals surface area contributed by atoms with Gasteiger partial charge in [-0.05, 0) is 73.5 Å². The van der Waals surface area contributed by atoms with E-state index in [-0.39, 0.29) is 0 Å². The monoisotopic (exact) mass is 426 g/mol. The van der Waals surface area contributed by atoms with Gasteiger partial charge in [-0.15, -0.1) is 0 Å². The van der Waals surface area contributed by atoms with Crippen LogP contribution in [0.5, 0.6) is 0 Å². The Morgan fingerprint density at radius 3 is 2.48 bits per heavy atom. The van der Waals surface area contributed by atoms with Gasteiger partial charge in [0.15, 0.2) is 5.82 Å². The Morgan fingerprint density at radius 2 is 1.65 bits per heavy atom. The van der Waals surface area contributed by atoms with Crippen LogP contribution in [0.1, 0.15) is 11.1 Å². The highest BCUT2D eigenvalue weighted by Crippen LogP contribution is 2.25. The van der Waals surface area contributed by atoms with Crippen molar-refractivity contribution in [1.29, 1.82) is 0 Å². The quantitative estimate of drug-likeness (QED) is 0.347. The van der Waals surface area contributed by atoms with E-state index in [9.17, 15) is 0 Å². The molecule has 0 bridgehead atoms. The maximum absolute atomic E-state index is 6.23. The fourth-order valence-electron chi connectivity index (χ4n) is 3.48. The third-order valence-corrected chi connectivity index (χ3v) is 5.57. The molecule has 0 spiro atoms. The van der Waals surface area contributed by atoms with Crippen molar-refractivity contribution in [3.05, 3.63) is 94.6 Å². The summed E-state index contributed by atoms with van der Waals surface area (Å²) in [6, 6.07) is 21.5. The Bertz CT molecular complexity index is 1480. The van der Waals surface area contributed by atoms with E-state index in [1.807, 2.05) is 60.7 Å². The zero-order valence-electron chi connectivity index (χ0n) is 17.1. The Hall–Kier alpha value is -3.70. The number of rotatable bonds is 3. The number of fused-ring (bicyclic) bond motifs is 2. The summed E-state index contributed by atoms with van der Waals surface area (Å²) in [6.07, 6.45) is 1.53. The van der Waals surface area contributed by atoms with Crippen molar-refractivity contribution in [1.82, 2.24) is 9.97 Å². The molecule has 152 valence electrons. The van der Waals surface area contributed by atoms with Crippen molar-refractivity contribution >= 4 is 39.3 Å². The fourth-order valence-corrected chi connectivity index (χ4v) is 3.61. The minimum absolute atomic E-state index is 0.649.